The van der Waals surface area contributed by atoms with E-state index in [1.54, 1.807) is 12.4 Å². The fourth-order valence-electron chi connectivity index (χ4n) is 4.36. The highest BCUT2D eigenvalue weighted by Gasteiger charge is 2.13. The van der Waals surface area contributed by atoms with Gasteiger partial charge in [-0.1, -0.05) is 54.6 Å². The first-order valence-corrected chi connectivity index (χ1v) is 11.6. The van der Waals surface area contributed by atoms with E-state index >= 15 is 0 Å². The second-order valence-electron chi connectivity index (χ2n) is 8.46. The number of hydrogen-bond donors (Lipinski definition) is 0. The smallest absolute Gasteiger partial charge is 0.160 e. The lowest BCUT2D eigenvalue weighted by Crippen LogP contribution is -1.97. The van der Waals surface area contributed by atoms with Crippen molar-refractivity contribution in [2.75, 3.05) is 0 Å². The SMILES string of the molecule is c1ccc(Cc2ccc3nc(-c4ccncc4)nc(-c4cccc(-c5ccncc5)c4)c3c2)cc1. The predicted octanol–water partition coefficient (Wildman–Crippen LogP) is 7.01. The molecule has 0 aliphatic rings. The molecule has 166 valence electrons. The first kappa shape index (κ1) is 20.9. The van der Waals surface area contributed by atoms with Crippen LogP contribution in [0.3, 0.4) is 0 Å². The molecule has 0 saturated heterocycles. The molecule has 4 heteroatoms. The summed E-state index contributed by atoms with van der Waals surface area (Å²) in [5, 5.41) is 1.04. The van der Waals surface area contributed by atoms with Gasteiger partial charge in [0.15, 0.2) is 5.82 Å². The molecule has 3 aromatic carbocycles. The molecule has 0 atom stereocenters. The van der Waals surface area contributed by atoms with Crippen molar-refractivity contribution in [2.45, 2.75) is 6.42 Å². The average Bonchev–Trinajstić information content (AvgIpc) is 2.94. The van der Waals surface area contributed by atoms with Crippen molar-refractivity contribution in [3.05, 3.63) is 133 Å². The van der Waals surface area contributed by atoms with Crippen LogP contribution in [0.5, 0.6) is 0 Å². The predicted molar refractivity (Wildman–Crippen MR) is 141 cm³/mol. The number of pyridine rings is 2. The molecule has 6 rings (SSSR count). The Kier molecular flexibility index (Phi) is 5.53. The first-order chi connectivity index (χ1) is 17.3. The van der Waals surface area contributed by atoms with E-state index in [1.807, 2.05) is 42.7 Å². The summed E-state index contributed by atoms with van der Waals surface area (Å²) in [6.45, 7) is 0. The number of hydrogen-bond acceptors (Lipinski definition) is 4. The normalized spacial score (nSPS) is 11.0. The van der Waals surface area contributed by atoms with Crippen LogP contribution in [0, 0.1) is 0 Å². The Morgan fingerprint density at radius 1 is 0.486 bits per heavy atom. The molecular formula is C31H22N4. The summed E-state index contributed by atoms with van der Waals surface area (Å²) in [7, 11) is 0. The summed E-state index contributed by atoms with van der Waals surface area (Å²) in [6, 6.07) is 33.5. The van der Waals surface area contributed by atoms with Gasteiger partial charge in [-0.25, -0.2) is 9.97 Å². The first-order valence-electron chi connectivity index (χ1n) is 11.6. The minimum Gasteiger partial charge on any atom is -0.265 e. The van der Waals surface area contributed by atoms with E-state index in [0.29, 0.717) is 5.82 Å². The van der Waals surface area contributed by atoms with E-state index < -0.39 is 0 Å². The van der Waals surface area contributed by atoms with Crippen molar-refractivity contribution in [1.82, 2.24) is 19.9 Å². The van der Waals surface area contributed by atoms with Gasteiger partial charge in [-0.15, -0.1) is 0 Å². The summed E-state index contributed by atoms with van der Waals surface area (Å²) >= 11 is 0. The molecule has 0 aliphatic heterocycles. The van der Waals surface area contributed by atoms with Crippen LogP contribution < -0.4 is 0 Å². The Morgan fingerprint density at radius 3 is 1.97 bits per heavy atom. The fraction of sp³-hybridized carbons (Fsp3) is 0.0323. The Hall–Kier alpha value is -4.70. The second kappa shape index (κ2) is 9.27. The minimum absolute atomic E-state index is 0.694. The minimum atomic E-state index is 0.694. The number of nitrogens with zero attached hydrogens (tertiary/aromatic N) is 4. The monoisotopic (exact) mass is 450 g/mol. The van der Waals surface area contributed by atoms with Gasteiger partial charge in [0, 0.05) is 41.3 Å². The summed E-state index contributed by atoms with van der Waals surface area (Å²) in [6.07, 6.45) is 8.05. The van der Waals surface area contributed by atoms with Crippen LogP contribution in [0.4, 0.5) is 0 Å². The Balaban J connectivity index is 1.53. The van der Waals surface area contributed by atoms with E-state index in [-0.39, 0.29) is 0 Å². The maximum absolute atomic E-state index is 5.07. The summed E-state index contributed by atoms with van der Waals surface area (Å²) in [4.78, 5) is 18.3. The van der Waals surface area contributed by atoms with Gasteiger partial charge in [-0.3, -0.25) is 9.97 Å². The number of rotatable bonds is 5. The number of benzene rings is 3. The molecule has 0 N–H and O–H groups in total. The quantitative estimate of drug-likeness (QED) is 0.283. The van der Waals surface area contributed by atoms with Crippen molar-refractivity contribution in [1.29, 1.82) is 0 Å². The molecule has 0 amide bonds. The summed E-state index contributed by atoms with van der Waals surface area (Å²) in [5.74, 6) is 0.694. The van der Waals surface area contributed by atoms with Crippen LogP contribution in [0.15, 0.2) is 122 Å². The van der Waals surface area contributed by atoms with Crippen molar-refractivity contribution >= 4 is 10.9 Å². The van der Waals surface area contributed by atoms with Crippen LogP contribution >= 0.6 is 0 Å². The summed E-state index contributed by atoms with van der Waals surface area (Å²) < 4.78 is 0. The van der Waals surface area contributed by atoms with E-state index in [4.69, 9.17) is 9.97 Å². The van der Waals surface area contributed by atoms with Crippen LogP contribution in [0.2, 0.25) is 0 Å². The zero-order chi connectivity index (χ0) is 23.5. The maximum Gasteiger partial charge on any atom is 0.160 e. The van der Waals surface area contributed by atoms with Crippen molar-refractivity contribution in [2.24, 2.45) is 0 Å². The van der Waals surface area contributed by atoms with Gasteiger partial charge in [0.1, 0.15) is 0 Å². The molecule has 4 nitrogen and oxygen atoms in total. The zero-order valence-corrected chi connectivity index (χ0v) is 19.0. The highest BCUT2D eigenvalue weighted by molar-refractivity contribution is 5.94. The molecule has 0 unspecified atom stereocenters. The third-order valence-corrected chi connectivity index (χ3v) is 6.10. The molecule has 0 radical (unpaired) electrons. The van der Waals surface area contributed by atoms with E-state index in [0.717, 1.165) is 45.3 Å². The zero-order valence-electron chi connectivity index (χ0n) is 19.0. The van der Waals surface area contributed by atoms with Gasteiger partial charge in [0.25, 0.3) is 0 Å². The fourth-order valence-corrected chi connectivity index (χ4v) is 4.36. The third kappa shape index (κ3) is 4.42. The van der Waals surface area contributed by atoms with Crippen LogP contribution in [0.1, 0.15) is 11.1 Å². The lowest BCUT2D eigenvalue weighted by Gasteiger charge is -2.12. The molecule has 6 aromatic rings. The molecule has 0 aliphatic carbocycles. The maximum atomic E-state index is 5.07. The summed E-state index contributed by atoms with van der Waals surface area (Å²) in [5.41, 5.74) is 8.61. The Bertz CT molecular complexity index is 1600. The van der Waals surface area contributed by atoms with Gasteiger partial charge >= 0.3 is 0 Å². The second-order valence-corrected chi connectivity index (χ2v) is 8.46. The highest BCUT2D eigenvalue weighted by atomic mass is 14.9. The van der Waals surface area contributed by atoms with Gasteiger partial charge in [0.2, 0.25) is 0 Å². The van der Waals surface area contributed by atoms with E-state index in [2.05, 4.69) is 76.7 Å². The van der Waals surface area contributed by atoms with Crippen LogP contribution in [0.25, 0.3) is 44.7 Å². The largest absolute Gasteiger partial charge is 0.265 e. The van der Waals surface area contributed by atoms with Crippen LogP contribution in [-0.4, -0.2) is 19.9 Å². The topological polar surface area (TPSA) is 51.6 Å². The van der Waals surface area contributed by atoms with E-state index in [1.165, 1.54) is 11.1 Å². The molecule has 0 saturated carbocycles. The van der Waals surface area contributed by atoms with Gasteiger partial charge < -0.3 is 0 Å². The molecule has 0 bridgehead atoms. The molecular weight excluding hydrogens is 428 g/mol. The molecule has 35 heavy (non-hydrogen) atoms. The molecule has 0 spiro atoms. The lowest BCUT2D eigenvalue weighted by molar-refractivity contribution is 1.18. The molecule has 0 fully saturated rings. The standard InChI is InChI=1S/C31H22N4/c1-2-5-22(6-3-1)19-23-9-10-29-28(20-23)30(35-31(34-29)25-13-17-33-18-14-25)27-8-4-7-26(21-27)24-11-15-32-16-12-24/h1-18,20-21H,19H2. The van der Waals surface area contributed by atoms with Crippen LogP contribution in [-0.2, 0) is 6.42 Å². The van der Waals surface area contributed by atoms with Crippen molar-refractivity contribution in [3.63, 3.8) is 0 Å². The van der Waals surface area contributed by atoms with E-state index in [9.17, 15) is 0 Å². The molecule has 3 heterocycles. The van der Waals surface area contributed by atoms with Gasteiger partial charge in [-0.2, -0.15) is 0 Å². The Labute approximate surface area is 204 Å². The van der Waals surface area contributed by atoms with Crippen molar-refractivity contribution < 1.29 is 0 Å². The third-order valence-electron chi connectivity index (χ3n) is 6.10. The van der Waals surface area contributed by atoms with Crippen molar-refractivity contribution in [3.8, 4) is 33.8 Å². The lowest BCUT2D eigenvalue weighted by atomic mass is 9.98. The number of fused-ring (bicyclic) bond motifs is 1. The Morgan fingerprint density at radius 2 is 1.20 bits per heavy atom. The van der Waals surface area contributed by atoms with Gasteiger partial charge in [0.05, 0.1) is 11.2 Å². The highest BCUT2D eigenvalue weighted by Crippen LogP contribution is 2.32. The molecule has 3 aromatic heterocycles. The average molecular weight is 451 g/mol. The number of aromatic nitrogens is 4. The van der Waals surface area contributed by atoms with Gasteiger partial charge in [-0.05, 0) is 71.1 Å².